The van der Waals surface area contributed by atoms with Crippen molar-refractivity contribution in [1.29, 1.82) is 0 Å². The Hall–Kier alpha value is -2.34. The molecule has 0 unspecified atom stereocenters. The average molecular weight is 328 g/mol. The van der Waals surface area contributed by atoms with Crippen molar-refractivity contribution < 1.29 is 0 Å². The van der Waals surface area contributed by atoms with E-state index >= 15 is 0 Å². The van der Waals surface area contributed by atoms with Gasteiger partial charge in [0.25, 0.3) is 0 Å². The molecule has 0 atom stereocenters. The van der Waals surface area contributed by atoms with E-state index < -0.39 is 0 Å². The highest BCUT2D eigenvalue weighted by atomic mass is 15.3. The Bertz CT molecular complexity index is 570. The van der Waals surface area contributed by atoms with Crippen molar-refractivity contribution in [3.8, 4) is 0 Å². The maximum absolute atomic E-state index is 5.95. The van der Waals surface area contributed by atoms with Gasteiger partial charge >= 0.3 is 0 Å². The quantitative estimate of drug-likeness (QED) is 0.669. The summed E-state index contributed by atoms with van der Waals surface area (Å²) in [7, 11) is 3.71. The first-order chi connectivity index (χ1) is 11.6. The molecule has 4 N–H and O–H groups in total. The molecule has 2 rings (SSSR count). The average Bonchev–Trinajstić information content (AvgIpc) is 2.60. The van der Waals surface area contributed by atoms with E-state index in [0.29, 0.717) is 17.9 Å². The van der Waals surface area contributed by atoms with Crippen molar-refractivity contribution in [2.75, 3.05) is 19.4 Å². The van der Waals surface area contributed by atoms with Crippen molar-refractivity contribution in [2.24, 2.45) is 16.0 Å². The van der Waals surface area contributed by atoms with Gasteiger partial charge < -0.3 is 21.3 Å². The van der Waals surface area contributed by atoms with Gasteiger partial charge in [-0.1, -0.05) is 6.58 Å². The minimum Gasteiger partial charge on any atom is -0.393 e. The molecule has 130 valence electrons. The van der Waals surface area contributed by atoms with Crippen LogP contribution in [-0.2, 0) is 0 Å². The predicted molar refractivity (Wildman–Crippen MR) is 99.9 cm³/mol. The lowest BCUT2D eigenvalue weighted by molar-refractivity contribution is 0.411. The summed E-state index contributed by atoms with van der Waals surface area (Å²) in [6.07, 6.45) is 8.11. The lowest BCUT2D eigenvalue weighted by Crippen LogP contribution is -2.32. The number of nitrogens with two attached hydrogens (primary N) is 1. The van der Waals surface area contributed by atoms with Gasteiger partial charge in [0.1, 0.15) is 5.82 Å². The molecule has 0 amide bonds. The first-order valence-electron chi connectivity index (χ1n) is 8.38. The Morgan fingerprint density at radius 1 is 1.25 bits per heavy atom. The first-order valence-corrected chi connectivity index (χ1v) is 8.38. The summed E-state index contributed by atoms with van der Waals surface area (Å²) in [6.45, 7) is 3.89. The van der Waals surface area contributed by atoms with Crippen LogP contribution in [0, 0.1) is 0 Å². The van der Waals surface area contributed by atoms with Crippen LogP contribution >= 0.6 is 0 Å². The highest BCUT2D eigenvalue weighted by Gasteiger charge is 2.17. The van der Waals surface area contributed by atoms with Gasteiger partial charge in [0.05, 0.1) is 5.69 Å². The Kier molecular flexibility index (Phi) is 6.81. The fraction of sp³-hybridized carbons (Fsp3) is 0.444. The van der Waals surface area contributed by atoms with E-state index in [9.17, 15) is 0 Å². The van der Waals surface area contributed by atoms with Gasteiger partial charge in [0.15, 0.2) is 0 Å². The van der Waals surface area contributed by atoms with E-state index in [1.165, 1.54) is 0 Å². The van der Waals surface area contributed by atoms with E-state index in [2.05, 4.69) is 27.4 Å². The fourth-order valence-corrected chi connectivity index (χ4v) is 2.58. The van der Waals surface area contributed by atoms with Crippen LogP contribution in [0.1, 0.15) is 25.7 Å². The second-order valence-corrected chi connectivity index (χ2v) is 6.13. The predicted octanol–water partition coefficient (Wildman–Crippen LogP) is 3.55. The highest BCUT2D eigenvalue weighted by molar-refractivity contribution is 5.51. The minimum atomic E-state index is 0.375. The summed E-state index contributed by atoms with van der Waals surface area (Å²) >= 11 is 0. The molecule has 1 aromatic carbocycles. The van der Waals surface area contributed by atoms with Crippen LogP contribution in [0.2, 0.25) is 0 Å². The molecule has 6 heteroatoms. The van der Waals surface area contributed by atoms with Crippen LogP contribution in [0.4, 0.5) is 11.4 Å². The van der Waals surface area contributed by atoms with Gasteiger partial charge in [-0.25, -0.2) is 0 Å². The maximum Gasteiger partial charge on any atom is 0.147 e. The molecule has 0 heterocycles. The molecule has 1 fully saturated rings. The molecule has 0 bridgehead atoms. The second-order valence-electron chi connectivity index (χ2n) is 6.13. The lowest BCUT2D eigenvalue weighted by atomic mass is 9.92. The molecule has 0 spiro atoms. The molecule has 24 heavy (non-hydrogen) atoms. The molecule has 0 aromatic heterocycles. The fourth-order valence-electron chi connectivity index (χ4n) is 2.58. The normalized spacial score (nSPS) is 21.1. The summed E-state index contributed by atoms with van der Waals surface area (Å²) in [5.74, 6) is 0.572. The number of anilines is 1. The van der Waals surface area contributed by atoms with Crippen LogP contribution in [0.15, 0.2) is 59.3 Å². The second kappa shape index (κ2) is 9.08. The number of nitrogens with one attached hydrogen (secondary N) is 2. The number of hydrogen-bond donors (Lipinski definition) is 3. The van der Waals surface area contributed by atoms with Gasteiger partial charge in [-0.3, -0.25) is 0 Å². The molecule has 0 aliphatic heterocycles. The summed E-state index contributed by atoms with van der Waals surface area (Å²) in [5.41, 5.74) is 7.86. The zero-order valence-corrected chi connectivity index (χ0v) is 14.6. The monoisotopic (exact) mass is 328 g/mol. The molecule has 1 saturated carbocycles. The molecular formula is C18H28N6. The van der Waals surface area contributed by atoms with E-state index in [0.717, 1.165) is 37.1 Å². The third-order valence-electron chi connectivity index (χ3n) is 4.16. The van der Waals surface area contributed by atoms with E-state index in [1.54, 1.807) is 11.1 Å². The Balaban J connectivity index is 1.86. The molecule has 1 aliphatic carbocycles. The third-order valence-corrected chi connectivity index (χ3v) is 4.16. The largest absolute Gasteiger partial charge is 0.393 e. The Labute approximate surface area is 144 Å². The van der Waals surface area contributed by atoms with Crippen molar-refractivity contribution >= 4 is 11.4 Å². The topological polar surface area (TPSA) is 78.0 Å². The SMILES string of the molecule is C=C(N=Nc1ccc(NC2CCC(N)CC2)cc1)N(C)/C=C\NC. The maximum atomic E-state index is 5.95. The lowest BCUT2D eigenvalue weighted by Gasteiger charge is -2.27. The zero-order valence-electron chi connectivity index (χ0n) is 14.6. The molecule has 1 aliphatic rings. The molecule has 0 saturated heterocycles. The zero-order chi connectivity index (χ0) is 17.4. The van der Waals surface area contributed by atoms with Crippen LogP contribution in [0.3, 0.4) is 0 Å². The number of nitrogens with zero attached hydrogens (tertiary/aromatic N) is 3. The number of azo groups is 1. The van der Waals surface area contributed by atoms with Gasteiger partial charge in [0.2, 0.25) is 0 Å². The van der Waals surface area contributed by atoms with Crippen molar-refractivity contribution in [2.45, 2.75) is 37.8 Å². The molecular weight excluding hydrogens is 300 g/mol. The molecule has 0 radical (unpaired) electrons. The number of rotatable bonds is 7. The van der Waals surface area contributed by atoms with Crippen molar-refractivity contribution in [3.05, 3.63) is 49.1 Å². The Morgan fingerprint density at radius 3 is 2.54 bits per heavy atom. The minimum absolute atomic E-state index is 0.375. The van der Waals surface area contributed by atoms with Crippen molar-refractivity contribution in [1.82, 2.24) is 10.2 Å². The summed E-state index contributed by atoms with van der Waals surface area (Å²) in [6, 6.07) is 8.88. The van der Waals surface area contributed by atoms with Gasteiger partial charge in [-0.15, -0.1) is 10.2 Å². The summed E-state index contributed by atoms with van der Waals surface area (Å²) in [4.78, 5) is 1.80. The Morgan fingerprint density at radius 2 is 1.92 bits per heavy atom. The van der Waals surface area contributed by atoms with Crippen LogP contribution in [-0.4, -0.2) is 31.1 Å². The molecule has 1 aromatic rings. The van der Waals surface area contributed by atoms with Crippen LogP contribution in [0.25, 0.3) is 0 Å². The first kappa shape index (κ1) is 18.0. The third kappa shape index (κ3) is 5.70. The van der Waals surface area contributed by atoms with Crippen LogP contribution < -0.4 is 16.4 Å². The molecule has 6 nitrogen and oxygen atoms in total. The standard InChI is InChI=1S/C18H28N6/c1-14(24(3)13-12-20-2)22-23-18-10-8-17(9-11-18)21-16-6-4-15(19)5-7-16/h8-13,15-16,20-21H,1,4-7,19H2,2-3H3/b13-12-,23-22?. The van der Waals surface area contributed by atoms with Gasteiger partial charge in [0, 0.05) is 44.3 Å². The smallest absolute Gasteiger partial charge is 0.147 e. The van der Waals surface area contributed by atoms with Crippen LogP contribution in [0.5, 0.6) is 0 Å². The summed E-state index contributed by atoms with van der Waals surface area (Å²) < 4.78 is 0. The number of benzene rings is 1. The van der Waals surface area contributed by atoms with Crippen molar-refractivity contribution in [3.63, 3.8) is 0 Å². The van der Waals surface area contributed by atoms with E-state index in [1.807, 2.05) is 44.6 Å². The summed E-state index contributed by atoms with van der Waals surface area (Å²) in [5, 5.41) is 14.8. The van der Waals surface area contributed by atoms with E-state index in [-0.39, 0.29) is 0 Å². The number of hydrogen-bond acceptors (Lipinski definition) is 6. The highest BCUT2D eigenvalue weighted by Crippen LogP contribution is 2.23. The van der Waals surface area contributed by atoms with Gasteiger partial charge in [-0.05, 0) is 49.9 Å². The van der Waals surface area contributed by atoms with E-state index in [4.69, 9.17) is 5.73 Å². The van der Waals surface area contributed by atoms with Gasteiger partial charge in [-0.2, -0.15) is 0 Å².